The van der Waals surface area contributed by atoms with Gasteiger partial charge < -0.3 is 10.4 Å². The predicted octanol–water partition coefficient (Wildman–Crippen LogP) is 1.59. The first kappa shape index (κ1) is 19.1. The van der Waals surface area contributed by atoms with Crippen LogP contribution in [0, 0.1) is 13.8 Å². The lowest BCUT2D eigenvalue weighted by Crippen LogP contribution is -2.41. The average Bonchev–Trinajstić information content (AvgIpc) is 3.09. The van der Waals surface area contributed by atoms with Gasteiger partial charge in [0.05, 0.1) is 6.54 Å². The lowest BCUT2D eigenvalue weighted by molar-refractivity contribution is -0.141. The van der Waals surface area contributed by atoms with Gasteiger partial charge in [0.25, 0.3) is 10.0 Å². The zero-order chi connectivity index (χ0) is 18.6. The van der Waals surface area contributed by atoms with Gasteiger partial charge in [-0.1, -0.05) is 24.3 Å². The van der Waals surface area contributed by atoms with Gasteiger partial charge in [-0.05, 0) is 42.0 Å². The Morgan fingerprint density at radius 1 is 1.20 bits per heavy atom. The van der Waals surface area contributed by atoms with Crippen LogP contribution in [0.25, 0.3) is 0 Å². The van der Waals surface area contributed by atoms with Gasteiger partial charge in [0, 0.05) is 0 Å². The molecule has 9 heteroatoms. The van der Waals surface area contributed by atoms with E-state index in [0.29, 0.717) is 5.56 Å². The summed E-state index contributed by atoms with van der Waals surface area (Å²) in [6, 6.07) is 6.92. The summed E-state index contributed by atoms with van der Waals surface area (Å²) in [7, 11) is -3.79. The van der Waals surface area contributed by atoms with Crippen molar-refractivity contribution in [3.05, 3.63) is 52.4 Å². The lowest BCUT2D eigenvalue weighted by Gasteiger charge is -2.18. The summed E-state index contributed by atoms with van der Waals surface area (Å²) in [5.41, 5.74) is 2.12. The summed E-state index contributed by atoms with van der Waals surface area (Å²) in [5.74, 6) is -1.95. The highest BCUT2D eigenvalue weighted by molar-refractivity contribution is 7.91. The smallest absolute Gasteiger partial charge is 0.330 e. The van der Waals surface area contributed by atoms with Crippen molar-refractivity contribution in [1.29, 1.82) is 0 Å². The quantitative estimate of drug-likeness (QED) is 0.673. The molecule has 7 nitrogen and oxygen atoms in total. The van der Waals surface area contributed by atoms with Crippen molar-refractivity contribution in [2.75, 3.05) is 6.54 Å². The number of carbonyl (C=O) groups is 2. The summed E-state index contributed by atoms with van der Waals surface area (Å²) >= 11 is 1.02. The lowest BCUT2D eigenvalue weighted by atomic mass is 9.97. The van der Waals surface area contributed by atoms with Gasteiger partial charge in [-0.25, -0.2) is 17.9 Å². The molecule has 0 spiro atoms. The third-order valence-electron chi connectivity index (χ3n) is 3.69. The molecule has 0 aliphatic heterocycles. The number of thiophene rings is 1. The monoisotopic (exact) mass is 382 g/mol. The average molecular weight is 382 g/mol. The molecule has 0 bridgehead atoms. The van der Waals surface area contributed by atoms with Crippen molar-refractivity contribution in [2.24, 2.45) is 0 Å². The Labute approximate surface area is 149 Å². The standard InChI is InChI=1S/C16H18N2O5S2/c1-10-5-3-6-12(11(10)2)15(16(20)21)18-13(19)9-17-25(22,23)14-7-4-8-24-14/h3-8,15,17H,9H2,1-2H3,(H,18,19)(H,20,21). The molecule has 3 N–H and O–H groups in total. The minimum Gasteiger partial charge on any atom is -0.479 e. The van der Waals surface area contributed by atoms with Crippen LogP contribution in [0.15, 0.2) is 39.9 Å². The van der Waals surface area contributed by atoms with Crippen LogP contribution in [0.5, 0.6) is 0 Å². The number of aryl methyl sites for hydroxylation is 1. The van der Waals surface area contributed by atoms with Gasteiger partial charge in [0.1, 0.15) is 4.21 Å². The molecule has 0 saturated carbocycles. The van der Waals surface area contributed by atoms with E-state index in [-0.39, 0.29) is 4.21 Å². The second kappa shape index (κ2) is 7.77. The Hall–Kier alpha value is -2.23. The Bertz CT molecular complexity index is 876. The molecule has 2 rings (SSSR count). The van der Waals surface area contributed by atoms with E-state index in [0.717, 1.165) is 22.5 Å². The molecule has 0 fully saturated rings. The van der Waals surface area contributed by atoms with Crippen molar-refractivity contribution >= 4 is 33.2 Å². The number of carbonyl (C=O) groups excluding carboxylic acids is 1. The van der Waals surface area contributed by atoms with Gasteiger partial charge in [-0.3, -0.25) is 4.79 Å². The van der Waals surface area contributed by atoms with E-state index < -0.39 is 34.5 Å². The first-order valence-corrected chi connectivity index (χ1v) is 9.70. The molecule has 0 radical (unpaired) electrons. The summed E-state index contributed by atoms with van der Waals surface area (Å²) in [5, 5.41) is 13.4. The summed E-state index contributed by atoms with van der Waals surface area (Å²) in [6.45, 7) is 3.07. The van der Waals surface area contributed by atoms with Crippen LogP contribution in [-0.4, -0.2) is 31.9 Å². The van der Waals surface area contributed by atoms with Crippen LogP contribution < -0.4 is 10.0 Å². The van der Waals surface area contributed by atoms with E-state index >= 15 is 0 Å². The number of hydrogen-bond donors (Lipinski definition) is 3. The van der Waals surface area contributed by atoms with E-state index in [1.807, 2.05) is 13.0 Å². The minimum atomic E-state index is -3.79. The van der Waals surface area contributed by atoms with Crippen LogP contribution in [0.3, 0.4) is 0 Å². The largest absolute Gasteiger partial charge is 0.479 e. The second-order valence-electron chi connectivity index (χ2n) is 5.38. The van der Waals surface area contributed by atoms with Gasteiger partial charge in [0.2, 0.25) is 5.91 Å². The molecule has 0 aliphatic rings. The zero-order valence-electron chi connectivity index (χ0n) is 13.6. The van der Waals surface area contributed by atoms with E-state index in [9.17, 15) is 23.1 Å². The molecule has 134 valence electrons. The number of amides is 1. The van der Waals surface area contributed by atoms with Gasteiger partial charge >= 0.3 is 5.97 Å². The molecular formula is C16H18N2O5S2. The summed E-state index contributed by atoms with van der Waals surface area (Å²) in [6.07, 6.45) is 0. The zero-order valence-corrected chi connectivity index (χ0v) is 15.3. The highest BCUT2D eigenvalue weighted by Crippen LogP contribution is 2.21. The Balaban J connectivity index is 2.09. The molecule has 0 saturated heterocycles. The molecule has 0 aliphatic carbocycles. The Kier molecular flexibility index (Phi) is 5.93. The summed E-state index contributed by atoms with van der Waals surface area (Å²) in [4.78, 5) is 23.6. The third-order valence-corrected chi connectivity index (χ3v) is 6.49. The Morgan fingerprint density at radius 3 is 2.52 bits per heavy atom. The number of carboxylic acid groups (broad SMARTS) is 1. The second-order valence-corrected chi connectivity index (χ2v) is 8.33. The molecular weight excluding hydrogens is 364 g/mol. The number of carboxylic acids is 1. The maximum absolute atomic E-state index is 12.0. The van der Waals surface area contributed by atoms with Crippen LogP contribution in [0.1, 0.15) is 22.7 Å². The molecule has 2 aromatic rings. The van der Waals surface area contributed by atoms with Gasteiger partial charge in [0.15, 0.2) is 6.04 Å². The summed E-state index contributed by atoms with van der Waals surface area (Å²) < 4.78 is 26.2. The fourth-order valence-corrected chi connectivity index (χ4v) is 4.24. The van der Waals surface area contributed by atoms with Gasteiger partial charge in [-0.2, -0.15) is 0 Å². The normalized spacial score (nSPS) is 12.6. The molecule has 1 heterocycles. The number of rotatable bonds is 7. The van der Waals surface area contributed by atoms with Crippen molar-refractivity contribution in [1.82, 2.24) is 10.0 Å². The molecule has 1 unspecified atom stereocenters. The first-order valence-electron chi connectivity index (χ1n) is 7.34. The van der Waals surface area contributed by atoms with Crippen molar-refractivity contribution in [3.63, 3.8) is 0 Å². The van der Waals surface area contributed by atoms with Crippen LogP contribution in [0.2, 0.25) is 0 Å². The van der Waals surface area contributed by atoms with E-state index in [1.54, 1.807) is 30.5 Å². The number of aliphatic carboxylic acids is 1. The predicted molar refractivity (Wildman–Crippen MR) is 93.9 cm³/mol. The van der Waals surface area contributed by atoms with Gasteiger partial charge in [-0.15, -0.1) is 11.3 Å². The molecule has 1 atom stereocenters. The third kappa shape index (κ3) is 4.65. The maximum atomic E-state index is 12.0. The van der Waals surface area contributed by atoms with Crippen molar-refractivity contribution in [3.8, 4) is 0 Å². The van der Waals surface area contributed by atoms with Crippen LogP contribution in [0.4, 0.5) is 0 Å². The molecule has 1 amide bonds. The number of hydrogen-bond acceptors (Lipinski definition) is 5. The molecule has 1 aromatic carbocycles. The topological polar surface area (TPSA) is 113 Å². The Morgan fingerprint density at radius 2 is 1.92 bits per heavy atom. The first-order chi connectivity index (χ1) is 11.7. The maximum Gasteiger partial charge on any atom is 0.330 e. The fraction of sp³-hybridized carbons (Fsp3) is 0.250. The van der Waals surface area contributed by atoms with E-state index in [4.69, 9.17) is 0 Å². The number of sulfonamides is 1. The molecule has 25 heavy (non-hydrogen) atoms. The van der Waals surface area contributed by atoms with E-state index in [2.05, 4.69) is 10.0 Å². The number of nitrogens with one attached hydrogen (secondary N) is 2. The highest BCUT2D eigenvalue weighted by Gasteiger charge is 2.25. The minimum absolute atomic E-state index is 0.0876. The molecule has 1 aromatic heterocycles. The van der Waals surface area contributed by atoms with Crippen molar-refractivity contribution in [2.45, 2.75) is 24.1 Å². The highest BCUT2D eigenvalue weighted by atomic mass is 32.2. The van der Waals surface area contributed by atoms with Crippen molar-refractivity contribution < 1.29 is 23.1 Å². The van der Waals surface area contributed by atoms with Crippen LogP contribution >= 0.6 is 11.3 Å². The number of benzene rings is 1. The SMILES string of the molecule is Cc1cccc(C(NC(=O)CNS(=O)(=O)c2cccs2)C(=O)O)c1C. The van der Waals surface area contributed by atoms with Crippen LogP contribution in [-0.2, 0) is 19.6 Å². The van der Waals surface area contributed by atoms with E-state index in [1.165, 1.54) is 6.07 Å². The fourth-order valence-electron chi connectivity index (χ4n) is 2.22.